The van der Waals surface area contributed by atoms with Crippen molar-refractivity contribution in [1.82, 2.24) is 0 Å². The van der Waals surface area contributed by atoms with Gasteiger partial charge in [0.1, 0.15) is 0 Å². The summed E-state index contributed by atoms with van der Waals surface area (Å²) in [6.07, 6.45) is 7.54. The summed E-state index contributed by atoms with van der Waals surface area (Å²) in [5.74, 6) is 0. The van der Waals surface area contributed by atoms with Crippen molar-refractivity contribution in [3.8, 4) is 0 Å². The fourth-order valence-electron chi connectivity index (χ4n) is 0.182. The zero-order valence-electron chi connectivity index (χ0n) is 4.59. The molecular formula is C5H9NS. The lowest BCUT2D eigenvalue weighted by Gasteiger charge is -1.71. The van der Waals surface area contributed by atoms with Gasteiger partial charge >= 0.3 is 0 Å². The predicted octanol–water partition coefficient (Wildman–Crippen LogP) is 1.91. The molecule has 0 aromatic carbocycles. The SMILES string of the molecule is C/C=C\C=NSC. The Kier molecular flexibility index (Phi) is 5.56. The van der Waals surface area contributed by atoms with Gasteiger partial charge in [-0.15, -0.1) is 0 Å². The second kappa shape index (κ2) is 5.76. The molecule has 0 aromatic heterocycles. The smallest absolute Gasteiger partial charge is 0.0348 e. The van der Waals surface area contributed by atoms with Crippen molar-refractivity contribution in [3.63, 3.8) is 0 Å². The molecule has 0 saturated heterocycles. The van der Waals surface area contributed by atoms with Gasteiger partial charge in [0.15, 0.2) is 0 Å². The van der Waals surface area contributed by atoms with E-state index in [1.54, 1.807) is 6.21 Å². The van der Waals surface area contributed by atoms with Gasteiger partial charge in [-0.2, -0.15) is 0 Å². The fraction of sp³-hybridized carbons (Fsp3) is 0.400. The second-order valence-electron chi connectivity index (χ2n) is 0.963. The molecule has 0 aliphatic carbocycles. The van der Waals surface area contributed by atoms with Gasteiger partial charge < -0.3 is 0 Å². The highest BCUT2D eigenvalue weighted by Gasteiger charge is 1.58. The van der Waals surface area contributed by atoms with Crippen LogP contribution < -0.4 is 0 Å². The van der Waals surface area contributed by atoms with Crippen molar-refractivity contribution < 1.29 is 0 Å². The largest absolute Gasteiger partial charge is 0.225 e. The molecule has 0 aliphatic rings. The standard InChI is InChI=1S/C5H9NS/c1-3-4-5-6-7-2/h3-5H,1-2H3/b4-3-,6-5?. The maximum atomic E-state index is 3.87. The quantitative estimate of drug-likeness (QED) is 0.395. The molecule has 0 saturated carbocycles. The normalized spacial score (nSPS) is 11.7. The molecule has 0 radical (unpaired) electrons. The zero-order valence-corrected chi connectivity index (χ0v) is 5.40. The van der Waals surface area contributed by atoms with Gasteiger partial charge in [-0.1, -0.05) is 6.08 Å². The average Bonchev–Trinajstić information content (AvgIpc) is 1.69. The minimum Gasteiger partial charge on any atom is -0.225 e. The summed E-state index contributed by atoms with van der Waals surface area (Å²) in [5, 5.41) is 0. The van der Waals surface area contributed by atoms with Crippen LogP contribution in [0, 0.1) is 0 Å². The Morgan fingerprint density at radius 1 is 1.57 bits per heavy atom. The van der Waals surface area contributed by atoms with E-state index in [4.69, 9.17) is 0 Å². The molecule has 0 fully saturated rings. The fourth-order valence-corrected chi connectivity index (χ4v) is 0.374. The molecular weight excluding hydrogens is 106 g/mol. The van der Waals surface area contributed by atoms with Gasteiger partial charge in [0.25, 0.3) is 0 Å². The van der Waals surface area contributed by atoms with E-state index in [2.05, 4.69) is 4.40 Å². The van der Waals surface area contributed by atoms with Crippen molar-refractivity contribution in [2.45, 2.75) is 6.92 Å². The van der Waals surface area contributed by atoms with Gasteiger partial charge in [-0.05, 0) is 24.9 Å². The van der Waals surface area contributed by atoms with Crippen LogP contribution in [0.5, 0.6) is 0 Å². The summed E-state index contributed by atoms with van der Waals surface area (Å²) < 4.78 is 3.87. The van der Waals surface area contributed by atoms with E-state index in [0.29, 0.717) is 0 Å². The Balaban J connectivity index is 3.09. The Bertz CT molecular complexity index is 76.1. The van der Waals surface area contributed by atoms with Crippen molar-refractivity contribution in [2.75, 3.05) is 6.26 Å². The van der Waals surface area contributed by atoms with Gasteiger partial charge in [-0.25, -0.2) is 4.40 Å². The summed E-state index contributed by atoms with van der Waals surface area (Å²) in [4.78, 5) is 0. The number of nitrogens with zero attached hydrogens (tertiary/aromatic N) is 1. The Labute approximate surface area is 48.7 Å². The molecule has 0 spiro atoms. The van der Waals surface area contributed by atoms with Crippen molar-refractivity contribution in [3.05, 3.63) is 12.2 Å². The number of hydrogen-bond donors (Lipinski definition) is 0. The minimum absolute atomic E-state index is 1.46. The van der Waals surface area contributed by atoms with Crippen LogP contribution in [0.15, 0.2) is 16.5 Å². The van der Waals surface area contributed by atoms with Gasteiger partial charge in [0, 0.05) is 12.5 Å². The molecule has 0 atom stereocenters. The first-order valence-electron chi connectivity index (χ1n) is 2.09. The molecule has 0 unspecified atom stereocenters. The predicted molar refractivity (Wildman–Crippen MR) is 36.8 cm³/mol. The van der Waals surface area contributed by atoms with Crippen LogP contribution in [0.2, 0.25) is 0 Å². The van der Waals surface area contributed by atoms with E-state index in [9.17, 15) is 0 Å². The molecule has 2 heteroatoms. The summed E-state index contributed by atoms with van der Waals surface area (Å²) in [6.45, 7) is 1.96. The van der Waals surface area contributed by atoms with Crippen LogP contribution in [-0.2, 0) is 0 Å². The van der Waals surface area contributed by atoms with Gasteiger partial charge in [0.05, 0.1) is 0 Å². The lowest BCUT2D eigenvalue weighted by Crippen LogP contribution is -1.55. The van der Waals surface area contributed by atoms with E-state index in [1.165, 1.54) is 11.9 Å². The van der Waals surface area contributed by atoms with Crippen LogP contribution in [0.4, 0.5) is 0 Å². The number of rotatable bonds is 2. The molecule has 1 nitrogen and oxygen atoms in total. The van der Waals surface area contributed by atoms with Gasteiger partial charge in [0.2, 0.25) is 0 Å². The van der Waals surface area contributed by atoms with Crippen LogP contribution in [0.3, 0.4) is 0 Å². The molecule has 0 aromatic rings. The molecule has 0 N–H and O–H groups in total. The lowest BCUT2D eigenvalue weighted by atomic mass is 10.6. The zero-order chi connectivity index (χ0) is 5.54. The topological polar surface area (TPSA) is 12.4 Å². The third-order valence-corrected chi connectivity index (χ3v) is 0.777. The van der Waals surface area contributed by atoms with Crippen LogP contribution >= 0.6 is 11.9 Å². The Morgan fingerprint density at radius 2 is 2.29 bits per heavy atom. The summed E-state index contributed by atoms with van der Waals surface area (Å²) in [5.41, 5.74) is 0. The summed E-state index contributed by atoms with van der Waals surface area (Å²) in [7, 11) is 0. The highest BCUT2D eigenvalue weighted by molar-refractivity contribution is 7.97. The first kappa shape index (κ1) is 6.76. The van der Waals surface area contributed by atoms with E-state index in [1.807, 2.05) is 25.3 Å². The first-order valence-corrected chi connectivity index (χ1v) is 3.27. The number of allylic oxidation sites excluding steroid dienone is 2. The Morgan fingerprint density at radius 3 is 2.71 bits per heavy atom. The highest BCUT2D eigenvalue weighted by Crippen LogP contribution is 1.88. The number of hydrogen-bond acceptors (Lipinski definition) is 2. The van der Waals surface area contributed by atoms with Crippen LogP contribution in [0.1, 0.15) is 6.92 Å². The van der Waals surface area contributed by atoms with Crippen LogP contribution in [0.25, 0.3) is 0 Å². The maximum absolute atomic E-state index is 3.87. The van der Waals surface area contributed by atoms with E-state index in [0.717, 1.165) is 0 Å². The van der Waals surface area contributed by atoms with Crippen LogP contribution in [-0.4, -0.2) is 12.5 Å². The van der Waals surface area contributed by atoms with E-state index in [-0.39, 0.29) is 0 Å². The summed E-state index contributed by atoms with van der Waals surface area (Å²) in [6, 6.07) is 0. The average molecular weight is 115 g/mol. The van der Waals surface area contributed by atoms with Crippen molar-refractivity contribution >= 4 is 18.2 Å². The molecule has 40 valence electrons. The monoisotopic (exact) mass is 115 g/mol. The first-order chi connectivity index (χ1) is 3.41. The van der Waals surface area contributed by atoms with Crippen molar-refractivity contribution in [1.29, 1.82) is 0 Å². The van der Waals surface area contributed by atoms with E-state index >= 15 is 0 Å². The molecule has 0 bridgehead atoms. The third kappa shape index (κ3) is 5.76. The molecule has 0 amide bonds. The van der Waals surface area contributed by atoms with Gasteiger partial charge in [-0.3, -0.25) is 0 Å². The lowest BCUT2D eigenvalue weighted by molar-refractivity contribution is 1.77. The molecule has 0 heterocycles. The summed E-state index contributed by atoms with van der Waals surface area (Å²) >= 11 is 1.46. The minimum atomic E-state index is 1.46. The second-order valence-corrected chi connectivity index (χ2v) is 1.54. The Hall–Kier alpha value is -0.240. The third-order valence-electron chi connectivity index (χ3n) is 0.445. The maximum Gasteiger partial charge on any atom is 0.0348 e. The molecule has 0 rings (SSSR count). The molecule has 7 heavy (non-hydrogen) atoms. The highest BCUT2D eigenvalue weighted by atomic mass is 32.2. The van der Waals surface area contributed by atoms with E-state index < -0.39 is 0 Å². The van der Waals surface area contributed by atoms with Crippen molar-refractivity contribution in [2.24, 2.45) is 4.40 Å². The molecule has 0 aliphatic heterocycles.